The molecular weight excluding hydrogens is 214 g/mol. The monoisotopic (exact) mass is 235 g/mol. The Balaban J connectivity index is 2.21. The molecule has 1 fully saturated rings. The first-order valence-electron chi connectivity index (χ1n) is 6.38. The molecule has 4 heteroatoms. The van der Waals surface area contributed by atoms with Crippen LogP contribution in [0.15, 0.2) is 17.2 Å². The smallest absolute Gasteiger partial charge is 0.293 e. The zero-order chi connectivity index (χ0) is 12.5. The van der Waals surface area contributed by atoms with Gasteiger partial charge >= 0.3 is 0 Å². The van der Waals surface area contributed by atoms with Crippen molar-refractivity contribution in [2.75, 3.05) is 5.32 Å². The predicted molar refractivity (Wildman–Crippen MR) is 69.2 cm³/mol. The second-order valence-corrected chi connectivity index (χ2v) is 5.40. The molecule has 0 radical (unpaired) electrons. The van der Waals surface area contributed by atoms with Crippen molar-refractivity contribution in [3.05, 3.63) is 22.7 Å². The fourth-order valence-electron chi connectivity index (χ4n) is 2.16. The van der Waals surface area contributed by atoms with Gasteiger partial charge in [0.05, 0.1) is 0 Å². The van der Waals surface area contributed by atoms with E-state index >= 15 is 0 Å². The lowest BCUT2D eigenvalue weighted by atomic mass is 9.99. The molecule has 1 aromatic heterocycles. The minimum Gasteiger partial charge on any atom is -0.360 e. The number of nitrogens with zero attached hydrogens (tertiary/aromatic N) is 2. The SMILES string of the molecule is CCCn1ccnc(NC(C)(C)C2CC2)c1=O. The van der Waals surface area contributed by atoms with Gasteiger partial charge in [-0.05, 0) is 39.0 Å². The predicted octanol–water partition coefficient (Wildman–Crippen LogP) is 2.25. The molecule has 1 aliphatic carbocycles. The molecule has 1 N–H and O–H groups in total. The van der Waals surface area contributed by atoms with Crippen LogP contribution in [0.2, 0.25) is 0 Å². The molecule has 1 aliphatic rings. The Hall–Kier alpha value is -1.32. The van der Waals surface area contributed by atoms with E-state index in [1.807, 2.05) is 0 Å². The minimum absolute atomic E-state index is 0.0110. The topological polar surface area (TPSA) is 46.9 Å². The van der Waals surface area contributed by atoms with E-state index in [-0.39, 0.29) is 11.1 Å². The van der Waals surface area contributed by atoms with Gasteiger partial charge in [0.2, 0.25) is 0 Å². The molecular formula is C13H21N3O. The molecule has 0 amide bonds. The number of rotatable bonds is 5. The normalized spacial score (nSPS) is 15.9. The maximum absolute atomic E-state index is 12.1. The van der Waals surface area contributed by atoms with Gasteiger partial charge in [-0.15, -0.1) is 0 Å². The van der Waals surface area contributed by atoms with E-state index < -0.39 is 0 Å². The van der Waals surface area contributed by atoms with Gasteiger partial charge in [-0.1, -0.05) is 6.92 Å². The third kappa shape index (κ3) is 2.68. The van der Waals surface area contributed by atoms with Crippen molar-refractivity contribution >= 4 is 5.82 Å². The van der Waals surface area contributed by atoms with Gasteiger partial charge in [0.1, 0.15) is 0 Å². The second-order valence-electron chi connectivity index (χ2n) is 5.40. The zero-order valence-electron chi connectivity index (χ0n) is 10.9. The molecule has 94 valence electrons. The van der Waals surface area contributed by atoms with Gasteiger partial charge in [0.15, 0.2) is 5.82 Å². The Morgan fingerprint density at radius 1 is 1.53 bits per heavy atom. The van der Waals surface area contributed by atoms with Gasteiger partial charge in [-0.2, -0.15) is 0 Å². The number of hydrogen-bond donors (Lipinski definition) is 1. The Morgan fingerprint density at radius 2 is 2.24 bits per heavy atom. The van der Waals surface area contributed by atoms with Crippen molar-refractivity contribution in [3.63, 3.8) is 0 Å². The first-order chi connectivity index (χ1) is 8.04. The maximum Gasteiger partial charge on any atom is 0.293 e. The summed E-state index contributed by atoms with van der Waals surface area (Å²) >= 11 is 0. The van der Waals surface area contributed by atoms with Crippen LogP contribution in [0.25, 0.3) is 0 Å². The number of nitrogens with one attached hydrogen (secondary N) is 1. The summed E-state index contributed by atoms with van der Waals surface area (Å²) in [6.07, 6.45) is 6.89. The summed E-state index contributed by atoms with van der Waals surface area (Å²) in [5.74, 6) is 1.15. The molecule has 0 aliphatic heterocycles. The number of anilines is 1. The molecule has 0 spiro atoms. The average molecular weight is 235 g/mol. The summed E-state index contributed by atoms with van der Waals surface area (Å²) in [6.45, 7) is 7.10. The van der Waals surface area contributed by atoms with Crippen molar-refractivity contribution in [1.82, 2.24) is 9.55 Å². The molecule has 1 heterocycles. The largest absolute Gasteiger partial charge is 0.360 e. The van der Waals surface area contributed by atoms with E-state index in [9.17, 15) is 4.79 Å². The van der Waals surface area contributed by atoms with Gasteiger partial charge in [0.25, 0.3) is 5.56 Å². The van der Waals surface area contributed by atoms with E-state index in [2.05, 4.69) is 31.1 Å². The lowest BCUT2D eigenvalue weighted by Crippen LogP contribution is -2.37. The molecule has 4 nitrogen and oxygen atoms in total. The molecule has 0 aromatic carbocycles. The number of aromatic nitrogens is 2. The van der Waals surface area contributed by atoms with Crippen molar-refractivity contribution in [3.8, 4) is 0 Å². The fraction of sp³-hybridized carbons (Fsp3) is 0.692. The van der Waals surface area contributed by atoms with Gasteiger partial charge in [0, 0.05) is 24.5 Å². The molecule has 0 saturated heterocycles. The van der Waals surface area contributed by atoms with Crippen molar-refractivity contribution in [2.45, 2.75) is 52.1 Å². The summed E-state index contributed by atoms with van der Waals surface area (Å²) in [5.41, 5.74) is -0.0412. The Kier molecular flexibility index (Phi) is 3.22. The van der Waals surface area contributed by atoms with E-state index in [1.165, 1.54) is 12.8 Å². The molecule has 0 unspecified atom stereocenters. The lowest BCUT2D eigenvalue weighted by molar-refractivity contribution is 0.490. The summed E-state index contributed by atoms with van der Waals surface area (Å²) in [5, 5.41) is 3.30. The van der Waals surface area contributed by atoms with Crippen molar-refractivity contribution in [1.29, 1.82) is 0 Å². The van der Waals surface area contributed by atoms with Crippen LogP contribution in [0, 0.1) is 5.92 Å². The van der Waals surface area contributed by atoms with E-state index in [1.54, 1.807) is 17.0 Å². The molecule has 2 rings (SSSR count). The van der Waals surface area contributed by atoms with Crippen LogP contribution in [-0.2, 0) is 6.54 Å². The first-order valence-corrected chi connectivity index (χ1v) is 6.38. The van der Waals surface area contributed by atoms with Crippen LogP contribution in [-0.4, -0.2) is 15.1 Å². The first kappa shape index (κ1) is 12.1. The van der Waals surface area contributed by atoms with E-state index in [0.717, 1.165) is 13.0 Å². The molecule has 1 saturated carbocycles. The highest BCUT2D eigenvalue weighted by Gasteiger charge is 2.38. The fourth-order valence-corrected chi connectivity index (χ4v) is 2.16. The standard InChI is InChI=1S/C13H21N3O/c1-4-8-16-9-7-14-11(12(16)17)15-13(2,3)10-5-6-10/h7,9-10H,4-6,8H2,1-3H3,(H,14,15). The molecule has 1 aromatic rings. The average Bonchev–Trinajstić information content (AvgIpc) is 3.08. The summed E-state index contributed by atoms with van der Waals surface area (Å²) in [7, 11) is 0. The lowest BCUT2D eigenvalue weighted by Gasteiger charge is -2.26. The van der Waals surface area contributed by atoms with Gasteiger partial charge in [-0.3, -0.25) is 4.79 Å². The summed E-state index contributed by atoms with van der Waals surface area (Å²) in [6, 6.07) is 0. The summed E-state index contributed by atoms with van der Waals surface area (Å²) in [4.78, 5) is 16.3. The number of aryl methyl sites for hydroxylation is 1. The van der Waals surface area contributed by atoms with Crippen LogP contribution in [0.5, 0.6) is 0 Å². The maximum atomic E-state index is 12.1. The Labute approximate surface area is 102 Å². The van der Waals surface area contributed by atoms with Crippen LogP contribution in [0.3, 0.4) is 0 Å². The highest BCUT2D eigenvalue weighted by molar-refractivity contribution is 5.35. The van der Waals surface area contributed by atoms with Crippen LogP contribution in [0.1, 0.15) is 40.0 Å². The minimum atomic E-state index is -0.0302. The molecule has 0 atom stereocenters. The highest BCUT2D eigenvalue weighted by Crippen LogP contribution is 2.40. The van der Waals surface area contributed by atoms with Gasteiger partial charge < -0.3 is 9.88 Å². The van der Waals surface area contributed by atoms with Gasteiger partial charge in [-0.25, -0.2) is 4.98 Å². The van der Waals surface area contributed by atoms with Crippen LogP contribution < -0.4 is 10.9 Å². The zero-order valence-corrected chi connectivity index (χ0v) is 10.9. The summed E-state index contributed by atoms with van der Waals surface area (Å²) < 4.78 is 1.72. The van der Waals surface area contributed by atoms with Crippen LogP contribution in [0.4, 0.5) is 5.82 Å². The Morgan fingerprint density at radius 3 is 2.82 bits per heavy atom. The quantitative estimate of drug-likeness (QED) is 0.851. The third-order valence-electron chi connectivity index (χ3n) is 3.42. The molecule has 0 bridgehead atoms. The highest BCUT2D eigenvalue weighted by atomic mass is 16.1. The van der Waals surface area contributed by atoms with Crippen molar-refractivity contribution < 1.29 is 0 Å². The number of hydrogen-bond acceptors (Lipinski definition) is 3. The van der Waals surface area contributed by atoms with Crippen LogP contribution >= 0.6 is 0 Å². The van der Waals surface area contributed by atoms with E-state index in [0.29, 0.717) is 11.7 Å². The second kappa shape index (κ2) is 4.51. The third-order valence-corrected chi connectivity index (χ3v) is 3.42. The molecule has 17 heavy (non-hydrogen) atoms. The van der Waals surface area contributed by atoms with Crippen molar-refractivity contribution in [2.24, 2.45) is 5.92 Å². The van der Waals surface area contributed by atoms with E-state index in [4.69, 9.17) is 0 Å². The Bertz CT molecular complexity index is 446.